The van der Waals surface area contributed by atoms with Gasteiger partial charge < -0.3 is 11.1 Å². The number of fused-ring (bicyclic) bond motifs is 1. The molecule has 3 aromatic carbocycles. The van der Waals surface area contributed by atoms with Crippen molar-refractivity contribution in [1.29, 1.82) is 0 Å². The summed E-state index contributed by atoms with van der Waals surface area (Å²) in [5.41, 5.74) is 6.07. The summed E-state index contributed by atoms with van der Waals surface area (Å²) >= 11 is 0. The average molecular weight is 415 g/mol. The van der Waals surface area contributed by atoms with Crippen molar-refractivity contribution in [3.63, 3.8) is 0 Å². The Kier molecular flexibility index (Phi) is 5.48. The van der Waals surface area contributed by atoms with Gasteiger partial charge in [0.05, 0.1) is 10.3 Å². The zero-order valence-corrected chi connectivity index (χ0v) is 16.9. The molecule has 0 saturated heterocycles. The SMILES string of the molecule is CC(C)(CF)C(=O)Nc1ccc(NS(=O)(=O)c2cccc3c(N)cccc23)cc1. The van der Waals surface area contributed by atoms with Crippen LogP contribution in [0.15, 0.2) is 65.6 Å². The van der Waals surface area contributed by atoms with Crippen LogP contribution >= 0.6 is 0 Å². The molecule has 152 valence electrons. The maximum Gasteiger partial charge on any atom is 0.262 e. The molecule has 0 atom stereocenters. The summed E-state index contributed by atoms with van der Waals surface area (Å²) in [4.78, 5) is 12.2. The second kappa shape index (κ2) is 7.71. The second-order valence-corrected chi connectivity index (χ2v) is 9.00. The van der Waals surface area contributed by atoms with Crippen molar-refractivity contribution in [2.75, 3.05) is 22.4 Å². The van der Waals surface area contributed by atoms with E-state index in [-0.39, 0.29) is 4.90 Å². The van der Waals surface area contributed by atoms with Crippen LogP contribution < -0.4 is 15.8 Å². The monoisotopic (exact) mass is 415 g/mol. The first-order chi connectivity index (χ1) is 13.6. The number of carbonyl (C=O) groups is 1. The van der Waals surface area contributed by atoms with Crippen molar-refractivity contribution >= 4 is 43.8 Å². The van der Waals surface area contributed by atoms with Gasteiger partial charge >= 0.3 is 0 Å². The van der Waals surface area contributed by atoms with Crippen molar-refractivity contribution in [3.05, 3.63) is 60.7 Å². The fourth-order valence-electron chi connectivity index (χ4n) is 2.73. The molecule has 0 unspecified atom stereocenters. The first-order valence-corrected chi connectivity index (χ1v) is 10.4. The zero-order chi connectivity index (χ0) is 21.2. The molecule has 3 aromatic rings. The minimum absolute atomic E-state index is 0.115. The number of halogens is 1. The highest BCUT2D eigenvalue weighted by Gasteiger charge is 2.27. The van der Waals surface area contributed by atoms with Gasteiger partial charge in [-0.25, -0.2) is 12.8 Å². The van der Waals surface area contributed by atoms with Gasteiger partial charge in [0.25, 0.3) is 10.0 Å². The number of carbonyl (C=O) groups excluding carboxylic acids is 1. The van der Waals surface area contributed by atoms with Gasteiger partial charge in [0, 0.05) is 27.8 Å². The normalized spacial score (nSPS) is 12.0. The number of hydrogen-bond donors (Lipinski definition) is 3. The van der Waals surface area contributed by atoms with E-state index in [0.717, 1.165) is 0 Å². The van der Waals surface area contributed by atoms with E-state index >= 15 is 0 Å². The molecule has 1 amide bonds. The summed E-state index contributed by atoms with van der Waals surface area (Å²) in [6, 6.07) is 16.2. The van der Waals surface area contributed by atoms with Gasteiger partial charge in [-0.05, 0) is 50.2 Å². The Labute approximate surface area is 169 Å². The topological polar surface area (TPSA) is 101 Å². The molecule has 0 heterocycles. The van der Waals surface area contributed by atoms with Crippen molar-refractivity contribution in [3.8, 4) is 0 Å². The van der Waals surface area contributed by atoms with Crippen molar-refractivity contribution < 1.29 is 17.6 Å². The lowest BCUT2D eigenvalue weighted by atomic mass is 9.94. The third-order valence-corrected chi connectivity index (χ3v) is 5.99. The molecular formula is C21H22FN3O3S. The zero-order valence-electron chi connectivity index (χ0n) is 16.1. The van der Waals surface area contributed by atoms with Crippen molar-refractivity contribution in [2.45, 2.75) is 18.7 Å². The van der Waals surface area contributed by atoms with E-state index in [0.29, 0.717) is 27.8 Å². The predicted molar refractivity (Wildman–Crippen MR) is 114 cm³/mol. The number of rotatable bonds is 6. The highest BCUT2D eigenvalue weighted by Crippen LogP contribution is 2.29. The van der Waals surface area contributed by atoms with Crippen LogP contribution in [0.25, 0.3) is 10.8 Å². The first-order valence-electron chi connectivity index (χ1n) is 8.91. The molecule has 0 fully saturated rings. The molecular weight excluding hydrogens is 393 g/mol. The lowest BCUT2D eigenvalue weighted by Crippen LogP contribution is -2.32. The highest BCUT2D eigenvalue weighted by molar-refractivity contribution is 7.93. The van der Waals surface area contributed by atoms with Gasteiger partial charge in [0.2, 0.25) is 5.91 Å². The molecule has 4 N–H and O–H groups in total. The number of nitrogens with two attached hydrogens (primary N) is 1. The molecule has 0 saturated carbocycles. The Hall–Kier alpha value is -3.13. The number of nitrogen functional groups attached to an aromatic ring is 1. The summed E-state index contributed by atoms with van der Waals surface area (Å²) in [6.07, 6.45) is 0. The average Bonchev–Trinajstić information content (AvgIpc) is 2.69. The maximum absolute atomic E-state index is 12.9. The second-order valence-electron chi connectivity index (χ2n) is 7.35. The standard InChI is InChI=1S/C21H22FN3O3S/c1-21(2,13-22)20(26)24-14-9-11-15(12-10-14)25-29(27,28)19-8-4-5-16-17(19)6-3-7-18(16)23/h3-12,25H,13,23H2,1-2H3,(H,24,26). The number of amides is 1. The molecule has 0 aliphatic carbocycles. The molecule has 29 heavy (non-hydrogen) atoms. The molecule has 0 bridgehead atoms. The van der Waals surface area contributed by atoms with Crippen LogP contribution in [-0.4, -0.2) is 21.0 Å². The van der Waals surface area contributed by atoms with Gasteiger partial charge in [-0.2, -0.15) is 0 Å². The number of sulfonamides is 1. The van der Waals surface area contributed by atoms with E-state index in [1.807, 2.05) is 0 Å². The summed E-state index contributed by atoms with van der Waals surface area (Å²) in [7, 11) is -3.86. The van der Waals surface area contributed by atoms with Gasteiger partial charge in [-0.15, -0.1) is 0 Å². The van der Waals surface area contributed by atoms with Gasteiger partial charge in [-0.1, -0.05) is 24.3 Å². The minimum Gasteiger partial charge on any atom is -0.398 e. The van der Waals surface area contributed by atoms with Gasteiger partial charge in [0.15, 0.2) is 0 Å². The van der Waals surface area contributed by atoms with E-state index in [1.54, 1.807) is 42.5 Å². The maximum atomic E-state index is 12.9. The van der Waals surface area contributed by atoms with Crippen LogP contribution in [-0.2, 0) is 14.8 Å². The highest BCUT2D eigenvalue weighted by atomic mass is 32.2. The van der Waals surface area contributed by atoms with Crippen LogP contribution in [0.2, 0.25) is 0 Å². The lowest BCUT2D eigenvalue weighted by molar-refractivity contribution is -0.124. The fraction of sp³-hybridized carbons (Fsp3) is 0.190. The molecule has 0 aliphatic heterocycles. The number of nitrogens with one attached hydrogen (secondary N) is 2. The molecule has 3 rings (SSSR count). The van der Waals surface area contributed by atoms with Gasteiger partial charge in [0.1, 0.15) is 6.67 Å². The van der Waals surface area contributed by atoms with E-state index < -0.39 is 28.0 Å². The van der Waals surface area contributed by atoms with E-state index in [1.165, 1.54) is 32.0 Å². The van der Waals surface area contributed by atoms with Crippen LogP contribution in [0.3, 0.4) is 0 Å². The Morgan fingerprint density at radius 1 is 0.966 bits per heavy atom. The largest absolute Gasteiger partial charge is 0.398 e. The summed E-state index contributed by atoms with van der Waals surface area (Å²) in [5.74, 6) is -0.457. The van der Waals surface area contributed by atoms with E-state index in [4.69, 9.17) is 5.73 Å². The van der Waals surface area contributed by atoms with Crippen molar-refractivity contribution in [2.24, 2.45) is 5.41 Å². The summed E-state index contributed by atoms with van der Waals surface area (Å²) in [6.45, 7) is 2.22. The number of hydrogen-bond acceptors (Lipinski definition) is 4. The number of alkyl halides is 1. The summed E-state index contributed by atoms with van der Waals surface area (Å²) < 4.78 is 41.2. The Morgan fingerprint density at radius 2 is 1.55 bits per heavy atom. The fourth-order valence-corrected chi connectivity index (χ4v) is 4.01. The molecule has 0 spiro atoms. The molecule has 0 aromatic heterocycles. The molecule has 6 nitrogen and oxygen atoms in total. The van der Waals surface area contributed by atoms with E-state index in [2.05, 4.69) is 10.0 Å². The first kappa shape index (κ1) is 20.6. The Balaban J connectivity index is 1.83. The van der Waals surface area contributed by atoms with Crippen molar-refractivity contribution in [1.82, 2.24) is 0 Å². The minimum atomic E-state index is -3.86. The van der Waals surface area contributed by atoms with E-state index in [9.17, 15) is 17.6 Å². The van der Waals surface area contributed by atoms with Crippen LogP contribution in [0, 0.1) is 5.41 Å². The predicted octanol–water partition coefficient (Wildman–Crippen LogP) is 4.16. The Bertz CT molecular complexity index is 1160. The van der Waals surface area contributed by atoms with Crippen LogP contribution in [0.1, 0.15) is 13.8 Å². The quantitative estimate of drug-likeness (QED) is 0.526. The third kappa shape index (κ3) is 4.32. The van der Waals surface area contributed by atoms with Gasteiger partial charge in [-0.3, -0.25) is 9.52 Å². The lowest BCUT2D eigenvalue weighted by Gasteiger charge is -2.19. The Morgan fingerprint density at radius 3 is 2.21 bits per heavy atom. The molecule has 8 heteroatoms. The number of anilines is 3. The molecule has 0 aliphatic rings. The third-order valence-electron chi connectivity index (χ3n) is 4.55. The summed E-state index contributed by atoms with van der Waals surface area (Å²) in [5, 5.41) is 3.80. The molecule has 0 radical (unpaired) electrons. The van der Waals surface area contributed by atoms with Crippen LogP contribution in [0.4, 0.5) is 21.5 Å². The smallest absolute Gasteiger partial charge is 0.262 e. The number of benzene rings is 3. The van der Waals surface area contributed by atoms with Crippen LogP contribution in [0.5, 0.6) is 0 Å².